The van der Waals surface area contributed by atoms with Crippen LogP contribution in [0.3, 0.4) is 0 Å². The molecule has 0 atom stereocenters. The van der Waals surface area contributed by atoms with E-state index in [0.717, 1.165) is 36.2 Å². The van der Waals surface area contributed by atoms with Crippen LogP contribution in [0.25, 0.3) is 0 Å². The number of nitrogens with zero attached hydrogens (tertiary/aromatic N) is 4. The molecule has 2 aliphatic rings. The molecule has 0 spiro atoms. The van der Waals surface area contributed by atoms with Crippen molar-refractivity contribution in [3.63, 3.8) is 0 Å². The standard InChI is InChI=1S/C17H22N4O3S2/c22-16(13-26-17(25)20-7-1-2-8-20)19-11-9-18(10-12-19)14-3-5-15(6-4-14)21(23)24/h3-6H,1-2,7-13H2. The van der Waals surface area contributed by atoms with Crippen LogP contribution in [0.2, 0.25) is 0 Å². The lowest BCUT2D eigenvalue weighted by Crippen LogP contribution is -2.49. The maximum atomic E-state index is 12.4. The number of hydrogen-bond donors (Lipinski definition) is 0. The molecule has 2 heterocycles. The summed E-state index contributed by atoms with van der Waals surface area (Å²) in [5, 5.41) is 10.7. The third-order valence-corrected chi connectivity index (χ3v) is 6.25. The largest absolute Gasteiger partial charge is 0.368 e. The van der Waals surface area contributed by atoms with Gasteiger partial charge in [0.1, 0.15) is 4.32 Å². The number of rotatable bonds is 4. The molecule has 9 heteroatoms. The molecule has 1 amide bonds. The van der Waals surface area contributed by atoms with Crippen molar-refractivity contribution < 1.29 is 9.72 Å². The Bertz CT molecular complexity index is 669. The van der Waals surface area contributed by atoms with Gasteiger partial charge in [-0.15, -0.1) is 0 Å². The quantitative estimate of drug-likeness (QED) is 0.441. The van der Waals surface area contributed by atoms with Gasteiger partial charge in [0.2, 0.25) is 5.91 Å². The number of likely N-dealkylation sites (tertiary alicyclic amines) is 1. The Morgan fingerprint density at radius 1 is 1.04 bits per heavy atom. The summed E-state index contributed by atoms with van der Waals surface area (Å²) >= 11 is 6.87. The van der Waals surface area contributed by atoms with E-state index in [9.17, 15) is 14.9 Å². The second-order valence-corrected chi connectivity index (χ2v) is 8.00. The Morgan fingerprint density at radius 3 is 2.23 bits per heavy atom. The summed E-state index contributed by atoms with van der Waals surface area (Å²) in [4.78, 5) is 29.0. The fraction of sp³-hybridized carbons (Fsp3) is 0.529. The van der Waals surface area contributed by atoms with E-state index in [4.69, 9.17) is 12.2 Å². The molecule has 0 aliphatic carbocycles. The number of nitro benzene ring substituents is 1. The molecule has 140 valence electrons. The van der Waals surface area contributed by atoms with Crippen LogP contribution in [0.5, 0.6) is 0 Å². The van der Waals surface area contributed by atoms with Crippen LogP contribution in [0.4, 0.5) is 11.4 Å². The zero-order valence-corrected chi connectivity index (χ0v) is 16.1. The second kappa shape index (κ2) is 8.68. The summed E-state index contributed by atoms with van der Waals surface area (Å²) in [6.07, 6.45) is 2.36. The van der Waals surface area contributed by atoms with Crippen LogP contribution in [0.1, 0.15) is 12.8 Å². The number of amides is 1. The third-order valence-electron chi connectivity index (χ3n) is 4.74. The van der Waals surface area contributed by atoms with E-state index in [1.807, 2.05) is 4.90 Å². The van der Waals surface area contributed by atoms with Gasteiger partial charge in [-0.1, -0.05) is 24.0 Å². The maximum absolute atomic E-state index is 12.4. The molecule has 0 saturated carbocycles. The fourth-order valence-electron chi connectivity index (χ4n) is 3.20. The minimum absolute atomic E-state index is 0.0913. The van der Waals surface area contributed by atoms with E-state index in [1.165, 1.54) is 36.7 Å². The summed E-state index contributed by atoms with van der Waals surface area (Å²) in [6.45, 7) is 4.79. The molecule has 26 heavy (non-hydrogen) atoms. The average molecular weight is 395 g/mol. The summed E-state index contributed by atoms with van der Waals surface area (Å²) in [5.41, 5.74) is 1.04. The highest BCUT2D eigenvalue weighted by atomic mass is 32.2. The predicted molar refractivity (Wildman–Crippen MR) is 108 cm³/mol. The highest BCUT2D eigenvalue weighted by Gasteiger charge is 2.23. The Balaban J connectivity index is 1.44. The zero-order valence-electron chi connectivity index (χ0n) is 14.5. The number of non-ortho nitro benzene ring substituents is 1. The summed E-state index contributed by atoms with van der Waals surface area (Å²) in [7, 11) is 0. The van der Waals surface area contributed by atoms with Gasteiger partial charge in [-0.25, -0.2) is 0 Å². The molecule has 0 N–H and O–H groups in total. The molecular formula is C17H22N4O3S2. The highest BCUT2D eigenvalue weighted by Crippen LogP contribution is 2.21. The smallest absolute Gasteiger partial charge is 0.269 e. The van der Waals surface area contributed by atoms with Crippen LogP contribution in [0, 0.1) is 10.1 Å². The minimum atomic E-state index is -0.398. The van der Waals surface area contributed by atoms with E-state index in [-0.39, 0.29) is 11.6 Å². The molecule has 2 aliphatic heterocycles. The third kappa shape index (κ3) is 4.64. The molecule has 0 unspecified atom stereocenters. The van der Waals surface area contributed by atoms with Crippen LogP contribution in [-0.2, 0) is 4.79 Å². The summed E-state index contributed by atoms with van der Waals surface area (Å²) in [5.74, 6) is 0.521. The molecule has 1 aromatic carbocycles. The Labute approximate surface area is 162 Å². The maximum Gasteiger partial charge on any atom is 0.269 e. The zero-order chi connectivity index (χ0) is 18.5. The van der Waals surface area contributed by atoms with Gasteiger partial charge >= 0.3 is 0 Å². The first-order valence-corrected chi connectivity index (χ1v) is 10.1. The monoisotopic (exact) mass is 394 g/mol. The number of nitro groups is 1. The number of piperazine rings is 1. The molecular weight excluding hydrogens is 372 g/mol. The molecule has 0 bridgehead atoms. The Hall–Kier alpha value is -1.87. The molecule has 1 aromatic rings. The van der Waals surface area contributed by atoms with Gasteiger partial charge in [-0.05, 0) is 25.0 Å². The average Bonchev–Trinajstić information content (AvgIpc) is 3.21. The van der Waals surface area contributed by atoms with Crippen molar-refractivity contribution in [2.45, 2.75) is 12.8 Å². The van der Waals surface area contributed by atoms with E-state index in [2.05, 4.69) is 9.80 Å². The van der Waals surface area contributed by atoms with Crippen molar-refractivity contribution in [1.82, 2.24) is 9.80 Å². The van der Waals surface area contributed by atoms with Crippen LogP contribution >= 0.6 is 24.0 Å². The first kappa shape index (κ1) is 18.9. The second-order valence-electron chi connectivity index (χ2n) is 6.39. The van der Waals surface area contributed by atoms with Crippen molar-refractivity contribution in [3.05, 3.63) is 34.4 Å². The fourth-order valence-corrected chi connectivity index (χ4v) is 4.36. The van der Waals surface area contributed by atoms with E-state index in [1.54, 1.807) is 12.1 Å². The lowest BCUT2D eigenvalue weighted by atomic mass is 10.2. The topological polar surface area (TPSA) is 69.9 Å². The first-order chi connectivity index (χ1) is 12.5. The van der Waals surface area contributed by atoms with Crippen molar-refractivity contribution in [3.8, 4) is 0 Å². The summed E-state index contributed by atoms with van der Waals surface area (Å²) in [6, 6.07) is 6.56. The van der Waals surface area contributed by atoms with Gasteiger partial charge in [0, 0.05) is 57.1 Å². The van der Waals surface area contributed by atoms with Gasteiger partial charge in [0.15, 0.2) is 0 Å². The number of benzene rings is 1. The number of thioether (sulfide) groups is 1. The number of anilines is 1. The van der Waals surface area contributed by atoms with Crippen molar-refractivity contribution in [1.29, 1.82) is 0 Å². The van der Waals surface area contributed by atoms with Gasteiger partial charge in [-0.3, -0.25) is 14.9 Å². The van der Waals surface area contributed by atoms with Crippen LogP contribution in [-0.4, -0.2) is 70.0 Å². The van der Waals surface area contributed by atoms with Crippen LogP contribution < -0.4 is 4.90 Å². The van der Waals surface area contributed by atoms with Gasteiger partial charge in [0.05, 0.1) is 10.7 Å². The number of hydrogen-bond acceptors (Lipinski definition) is 6. The minimum Gasteiger partial charge on any atom is -0.368 e. The number of carbonyl (C=O) groups excluding carboxylic acids is 1. The van der Waals surface area contributed by atoms with Crippen molar-refractivity contribution >= 4 is 45.6 Å². The number of thiocarbonyl (C=S) groups is 1. The Morgan fingerprint density at radius 2 is 1.65 bits per heavy atom. The van der Waals surface area contributed by atoms with Crippen molar-refractivity contribution in [2.24, 2.45) is 0 Å². The van der Waals surface area contributed by atoms with Gasteiger partial charge < -0.3 is 14.7 Å². The Kier molecular flexibility index (Phi) is 6.31. The normalized spacial score (nSPS) is 17.5. The van der Waals surface area contributed by atoms with Crippen molar-refractivity contribution in [2.75, 3.05) is 49.9 Å². The van der Waals surface area contributed by atoms with Gasteiger partial charge in [0.25, 0.3) is 5.69 Å². The molecule has 3 rings (SSSR count). The summed E-state index contributed by atoms with van der Waals surface area (Å²) < 4.78 is 0.834. The molecule has 7 nitrogen and oxygen atoms in total. The van der Waals surface area contributed by atoms with E-state index in [0.29, 0.717) is 18.8 Å². The lowest BCUT2D eigenvalue weighted by molar-refractivity contribution is -0.384. The highest BCUT2D eigenvalue weighted by molar-refractivity contribution is 8.23. The van der Waals surface area contributed by atoms with Gasteiger partial charge in [-0.2, -0.15) is 0 Å². The molecule has 0 radical (unpaired) electrons. The molecule has 2 saturated heterocycles. The van der Waals surface area contributed by atoms with E-state index < -0.39 is 4.92 Å². The molecule has 2 fully saturated rings. The van der Waals surface area contributed by atoms with E-state index >= 15 is 0 Å². The SMILES string of the molecule is O=C(CSC(=S)N1CCCC1)N1CCN(c2ccc([N+](=O)[O-])cc2)CC1. The molecule has 0 aromatic heterocycles. The first-order valence-electron chi connectivity index (χ1n) is 8.73. The van der Waals surface area contributed by atoms with Crippen LogP contribution in [0.15, 0.2) is 24.3 Å². The number of carbonyl (C=O) groups is 1. The lowest BCUT2D eigenvalue weighted by Gasteiger charge is -2.36. The predicted octanol–water partition coefficient (Wildman–Crippen LogP) is 2.36.